The van der Waals surface area contributed by atoms with Crippen molar-refractivity contribution in [2.24, 2.45) is 0 Å². The Morgan fingerprint density at radius 1 is 1.03 bits per heavy atom. The Balaban J connectivity index is 1.87. The number of nitrogens with one attached hydrogen (secondary N) is 1. The van der Waals surface area contributed by atoms with Gasteiger partial charge in [-0.1, -0.05) is 30.3 Å². The summed E-state index contributed by atoms with van der Waals surface area (Å²) in [6.07, 6.45) is 0.764. The van der Waals surface area contributed by atoms with Crippen LogP contribution < -0.4 is 14.8 Å². The van der Waals surface area contributed by atoms with Crippen molar-refractivity contribution in [2.45, 2.75) is 77.3 Å². The molecule has 1 aliphatic carbocycles. The molecule has 1 saturated carbocycles. The fraction of sp³-hybridized carbons (Fsp3) is 0.533. The maximum Gasteiger partial charge on any atom is 0.332 e. The summed E-state index contributed by atoms with van der Waals surface area (Å²) in [5.41, 5.74) is 1.08. The molecule has 9 heteroatoms. The molecule has 0 unspecified atom stereocenters. The van der Waals surface area contributed by atoms with Crippen LogP contribution in [0.1, 0.15) is 69.2 Å². The van der Waals surface area contributed by atoms with Gasteiger partial charge in [-0.25, -0.2) is 18.4 Å². The van der Waals surface area contributed by atoms with Crippen molar-refractivity contribution < 1.29 is 32.6 Å². The Hall–Kier alpha value is -3.36. The average molecular weight is 547 g/mol. The van der Waals surface area contributed by atoms with Crippen LogP contribution in [0.4, 0.5) is 13.6 Å². The number of ether oxygens (including phenoxy) is 3. The highest BCUT2D eigenvalue weighted by atomic mass is 19.3. The van der Waals surface area contributed by atoms with E-state index in [2.05, 4.69) is 17.4 Å². The van der Waals surface area contributed by atoms with E-state index in [1.807, 2.05) is 58.0 Å². The molecule has 0 radical (unpaired) electrons. The smallest absolute Gasteiger partial charge is 0.332 e. The number of alkyl halides is 2. The van der Waals surface area contributed by atoms with Crippen LogP contribution in [0.5, 0.6) is 11.5 Å². The minimum atomic E-state index is -3.04. The second kappa shape index (κ2) is 13.1. The molecule has 1 fully saturated rings. The number of esters is 1. The van der Waals surface area contributed by atoms with E-state index in [0.29, 0.717) is 37.7 Å². The van der Waals surface area contributed by atoms with Crippen LogP contribution in [0.15, 0.2) is 42.5 Å². The SMILES string of the molecule is CCOc1cc([C@@H](C)N(CCCCc2ccccc2)C(=O)NC2(C(=O)OC)CC(F)(F)C2)cc(OCC)c1C. The van der Waals surface area contributed by atoms with E-state index in [4.69, 9.17) is 14.2 Å². The van der Waals surface area contributed by atoms with Crippen molar-refractivity contribution in [1.29, 1.82) is 0 Å². The Bertz CT molecular complexity index is 1090. The number of methoxy groups -OCH3 is 1. The second-order valence-corrected chi connectivity index (χ2v) is 10.0. The Morgan fingerprint density at radius 2 is 1.62 bits per heavy atom. The second-order valence-electron chi connectivity index (χ2n) is 10.0. The summed E-state index contributed by atoms with van der Waals surface area (Å²) >= 11 is 0. The number of aryl methyl sites for hydroxylation is 1. The molecule has 0 aliphatic heterocycles. The first-order valence-corrected chi connectivity index (χ1v) is 13.5. The number of halogens is 2. The normalized spacial score (nSPS) is 16.0. The van der Waals surface area contributed by atoms with Crippen molar-refractivity contribution >= 4 is 12.0 Å². The number of carbonyl (C=O) groups is 2. The number of benzene rings is 2. The first kappa shape index (κ1) is 30.2. The zero-order valence-electron chi connectivity index (χ0n) is 23.5. The molecule has 0 aromatic heterocycles. The van der Waals surface area contributed by atoms with E-state index in [9.17, 15) is 18.4 Å². The highest BCUT2D eigenvalue weighted by Gasteiger charge is 2.63. The van der Waals surface area contributed by atoms with E-state index >= 15 is 0 Å². The van der Waals surface area contributed by atoms with Gasteiger partial charge in [0.15, 0.2) is 5.54 Å². The number of unbranched alkanes of at least 4 members (excludes halogenated alkanes) is 1. The molecular weight excluding hydrogens is 506 g/mol. The number of hydrogen-bond acceptors (Lipinski definition) is 5. The maximum absolute atomic E-state index is 13.9. The fourth-order valence-electron chi connectivity index (χ4n) is 5.03. The minimum absolute atomic E-state index is 0.356. The lowest BCUT2D eigenvalue weighted by Gasteiger charge is -2.46. The highest BCUT2D eigenvalue weighted by molar-refractivity contribution is 5.89. The van der Waals surface area contributed by atoms with Gasteiger partial charge in [0.05, 0.1) is 26.4 Å². The molecule has 0 saturated heterocycles. The molecule has 214 valence electrons. The lowest BCUT2D eigenvalue weighted by molar-refractivity contribution is -0.178. The summed E-state index contributed by atoms with van der Waals surface area (Å²) in [5, 5.41) is 2.61. The number of nitrogens with zero attached hydrogens (tertiary/aromatic N) is 1. The highest BCUT2D eigenvalue weighted by Crippen LogP contribution is 2.46. The molecule has 7 nitrogen and oxygen atoms in total. The lowest BCUT2D eigenvalue weighted by Crippen LogP contribution is -2.68. The standard InChI is InChI=1S/C30H40F2N2O5/c1-6-38-25-17-24(18-26(21(25)3)39-7-2)22(4)34(16-12-11-15-23-13-9-8-10-14-23)28(36)33-29(27(35)37-5)19-30(31,32)20-29/h8-10,13-14,17-18,22H,6-7,11-12,15-16,19-20H2,1-5H3,(H,33,36)/t22-/m1/s1. The molecule has 0 bridgehead atoms. The van der Waals surface area contributed by atoms with Gasteiger partial charge < -0.3 is 24.4 Å². The number of urea groups is 1. The van der Waals surface area contributed by atoms with Crippen LogP contribution in [0.2, 0.25) is 0 Å². The maximum atomic E-state index is 13.9. The zero-order chi connectivity index (χ0) is 28.6. The topological polar surface area (TPSA) is 77.1 Å². The Kier molecular flexibility index (Phi) is 10.2. The Morgan fingerprint density at radius 3 is 2.13 bits per heavy atom. The van der Waals surface area contributed by atoms with Gasteiger partial charge in [0.2, 0.25) is 0 Å². The average Bonchev–Trinajstić information content (AvgIpc) is 2.89. The largest absolute Gasteiger partial charge is 0.493 e. The third kappa shape index (κ3) is 7.40. The summed E-state index contributed by atoms with van der Waals surface area (Å²) < 4.78 is 44.2. The van der Waals surface area contributed by atoms with Gasteiger partial charge in [-0.2, -0.15) is 0 Å². The number of hydrogen-bond donors (Lipinski definition) is 1. The molecule has 2 aromatic rings. The molecule has 0 heterocycles. The summed E-state index contributed by atoms with van der Waals surface area (Å²) in [6.45, 7) is 8.84. The van der Waals surface area contributed by atoms with Crippen LogP contribution in [0.3, 0.4) is 0 Å². The van der Waals surface area contributed by atoms with Gasteiger partial charge in [-0.15, -0.1) is 0 Å². The third-order valence-electron chi connectivity index (χ3n) is 7.15. The van der Waals surface area contributed by atoms with E-state index in [-0.39, 0.29) is 0 Å². The number of rotatable bonds is 13. The summed E-state index contributed by atoms with van der Waals surface area (Å²) in [4.78, 5) is 27.7. The summed E-state index contributed by atoms with van der Waals surface area (Å²) in [5.74, 6) is -2.60. The van der Waals surface area contributed by atoms with Crippen LogP contribution >= 0.6 is 0 Å². The van der Waals surface area contributed by atoms with Gasteiger partial charge in [-0.3, -0.25) is 0 Å². The third-order valence-corrected chi connectivity index (χ3v) is 7.15. The van der Waals surface area contributed by atoms with Crippen molar-refractivity contribution in [3.05, 3.63) is 59.2 Å². The van der Waals surface area contributed by atoms with Crippen LogP contribution in [0, 0.1) is 6.92 Å². The molecule has 3 rings (SSSR count). The monoisotopic (exact) mass is 546 g/mol. The molecule has 1 aliphatic rings. The zero-order valence-corrected chi connectivity index (χ0v) is 23.5. The molecule has 2 aromatic carbocycles. The molecule has 1 atom stereocenters. The predicted octanol–water partition coefficient (Wildman–Crippen LogP) is 6.23. The van der Waals surface area contributed by atoms with Crippen molar-refractivity contribution in [3.63, 3.8) is 0 Å². The van der Waals surface area contributed by atoms with E-state index in [0.717, 1.165) is 31.1 Å². The van der Waals surface area contributed by atoms with Crippen LogP contribution in [-0.2, 0) is 16.0 Å². The summed E-state index contributed by atoms with van der Waals surface area (Å²) in [7, 11) is 1.13. The predicted molar refractivity (Wildman–Crippen MR) is 145 cm³/mol. The molecular formula is C30H40F2N2O5. The van der Waals surface area contributed by atoms with Crippen molar-refractivity contribution in [2.75, 3.05) is 26.9 Å². The molecule has 1 N–H and O–H groups in total. The van der Waals surface area contributed by atoms with E-state index in [1.54, 1.807) is 4.90 Å². The van der Waals surface area contributed by atoms with Gasteiger partial charge in [0.25, 0.3) is 5.92 Å². The molecule has 2 amide bonds. The van der Waals surface area contributed by atoms with Crippen LogP contribution in [0.25, 0.3) is 0 Å². The van der Waals surface area contributed by atoms with E-state index < -0.39 is 42.3 Å². The van der Waals surface area contributed by atoms with Gasteiger partial charge in [-0.05, 0) is 70.2 Å². The lowest BCUT2D eigenvalue weighted by atomic mass is 9.73. The van der Waals surface area contributed by atoms with Crippen LogP contribution in [-0.4, -0.2) is 55.2 Å². The van der Waals surface area contributed by atoms with Gasteiger partial charge >= 0.3 is 12.0 Å². The molecule has 0 spiro atoms. The quantitative estimate of drug-likeness (QED) is 0.238. The van der Waals surface area contributed by atoms with Crippen molar-refractivity contribution in [3.8, 4) is 11.5 Å². The van der Waals surface area contributed by atoms with Gasteiger partial charge in [0.1, 0.15) is 11.5 Å². The first-order chi connectivity index (χ1) is 18.6. The van der Waals surface area contributed by atoms with Gasteiger partial charge in [0, 0.05) is 24.9 Å². The molecule has 39 heavy (non-hydrogen) atoms. The number of amides is 2. The van der Waals surface area contributed by atoms with Crippen molar-refractivity contribution in [1.82, 2.24) is 10.2 Å². The minimum Gasteiger partial charge on any atom is -0.493 e. The summed E-state index contributed by atoms with van der Waals surface area (Å²) in [6, 6.07) is 12.8. The fourth-order valence-corrected chi connectivity index (χ4v) is 5.03. The number of carbonyl (C=O) groups excluding carboxylic acids is 2. The van der Waals surface area contributed by atoms with E-state index in [1.165, 1.54) is 5.56 Å². The first-order valence-electron chi connectivity index (χ1n) is 13.5. The Labute approximate surface area is 229 Å².